The number of hydrogen-bond acceptors (Lipinski definition) is 2. The van der Waals surface area contributed by atoms with Gasteiger partial charge in [0.2, 0.25) is 0 Å². The van der Waals surface area contributed by atoms with Gasteiger partial charge in [0, 0.05) is 48.0 Å². The molecule has 1 aliphatic rings. The van der Waals surface area contributed by atoms with E-state index in [-0.39, 0.29) is 5.41 Å². The number of hydrogen-bond donors (Lipinski definition) is 0. The monoisotopic (exact) mass is 807 g/mol. The van der Waals surface area contributed by atoms with Crippen molar-refractivity contribution in [3.8, 4) is 44.5 Å². The molecule has 2 heteroatoms. The molecule has 1 unspecified atom stereocenters. The van der Waals surface area contributed by atoms with Crippen molar-refractivity contribution in [2.75, 3.05) is 4.90 Å². The summed E-state index contributed by atoms with van der Waals surface area (Å²) in [5, 5.41) is 5.06. The Labute approximate surface area is 366 Å². The van der Waals surface area contributed by atoms with E-state index in [2.05, 4.69) is 242 Å². The molecule has 0 bridgehead atoms. The lowest BCUT2D eigenvalue weighted by atomic mass is 9.74. The average molecular weight is 808 g/mol. The lowest BCUT2D eigenvalue weighted by molar-refractivity contribution is 0.714. The first-order chi connectivity index (χ1) is 30.7. The van der Waals surface area contributed by atoms with E-state index in [4.69, 9.17) is 0 Å². The largest absolute Gasteiger partial charge is 0.309 e. The fourth-order valence-electron chi connectivity index (χ4n) is 10.3. The van der Waals surface area contributed by atoms with Crippen LogP contribution in [0.3, 0.4) is 0 Å². The van der Waals surface area contributed by atoms with Gasteiger partial charge in [-0.25, -0.2) is 0 Å². The lowest BCUT2D eigenvalue weighted by Crippen LogP contribution is -2.23. The second-order valence-corrected chi connectivity index (χ2v) is 17.5. The van der Waals surface area contributed by atoms with Gasteiger partial charge in [0.25, 0.3) is 0 Å². The molecule has 0 amide bonds. The third-order valence-corrected chi connectivity index (χ3v) is 14.4. The second kappa shape index (κ2) is 14.6. The minimum atomic E-state index is -0.350. The van der Waals surface area contributed by atoms with Gasteiger partial charge in [0.15, 0.2) is 0 Å². The molecule has 0 N–H and O–H groups in total. The van der Waals surface area contributed by atoms with Crippen LogP contribution in [0.15, 0.2) is 231 Å². The van der Waals surface area contributed by atoms with Gasteiger partial charge in [-0.15, -0.1) is 11.3 Å². The summed E-state index contributed by atoms with van der Waals surface area (Å²) in [7, 11) is 0. The Morgan fingerprint density at radius 2 is 0.935 bits per heavy atom. The fourth-order valence-corrected chi connectivity index (χ4v) is 11.5. The topological polar surface area (TPSA) is 3.24 Å². The molecule has 1 heterocycles. The van der Waals surface area contributed by atoms with Crippen LogP contribution in [0.25, 0.3) is 75.5 Å². The van der Waals surface area contributed by atoms with Crippen molar-refractivity contribution in [1.29, 1.82) is 0 Å². The molecule has 0 saturated heterocycles. The van der Waals surface area contributed by atoms with E-state index in [9.17, 15) is 0 Å². The first-order valence-corrected chi connectivity index (χ1v) is 22.2. The molecule has 62 heavy (non-hydrogen) atoms. The molecule has 0 fully saturated rings. The Morgan fingerprint density at radius 3 is 1.71 bits per heavy atom. The quantitative estimate of drug-likeness (QED) is 0.155. The molecular formula is C60H41NS. The summed E-state index contributed by atoms with van der Waals surface area (Å²) >= 11 is 1.88. The number of nitrogens with zero attached hydrogens (tertiary/aromatic N) is 1. The van der Waals surface area contributed by atoms with Crippen molar-refractivity contribution >= 4 is 59.3 Å². The van der Waals surface area contributed by atoms with Crippen LogP contribution in [0, 0.1) is 0 Å². The van der Waals surface area contributed by atoms with Crippen molar-refractivity contribution in [3.63, 3.8) is 0 Å². The van der Waals surface area contributed by atoms with E-state index in [0.29, 0.717) is 0 Å². The zero-order valence-corrected chi connectivity index (χ0v) is 35.1. The Morgan fingerprint density at radius 1 is 0.387 bits per heavy atom. The molecule has 10 aromatic carbocycles. The third kappa shape index (κ3) is 5.61. The number of thiophene rings is 1. The SMILES string of the molecule is CC1(c2ccccc2)c2ccccc2-c2ccc(N(c3ccccc3-c3cccc4c3sc3ccccc34)c3ccccc3-c3cccc4cccc(-c5ccccc5)c34)cc21. The fraction of sp³-hybridized carbons (Fsp3) is 0.0333. The van der Waals surface area contributed by atoms with Crippen LogP contribution in [0.5, 0.6) is 0 Å². The van der Waals surface area contributed by atoms with Gasteiger partial charge < -0.3 is 4.90 Å². The van der Waals surface area contributed by atoms with E-state index < -0.39 is 0 Å². The van der Waals surface area contributed by atoms with Gasteiger partial charge in [0.1, 0.15) is 0 Å². The number of anilines is 3. The maximum Gasteiger partial charge on any atom is 0.0540 e. The second-order valence-electron chi connectivity index (χ2n) is 16.5. The third-order valence-electron chi connectivity index (χ3n) is 13.2. The number of benzene rings is 10. The molecule has 1 aromatic heterocycles. The molecule has 0 spiro atoms. The number of rotatable bonds is 7. The highest BCUT2D eigenvalue weighted by molar-refractivity contribution is 7.26. The van der Waals surface area contributed by atoms with Crippen molar-refractivity contribution < 1.29 is 0 Å². The molecule has 1 aliphatic carbocycles. The Kier molecular flexibility index (Phi) is 8.55. The van der Waals surface area contributed by atoms with Gasteiger partial charge in [-0.3, -0.25) is 0 Å². The molecule has 0 saturated carbocycles. The summed E-state index contributed by atoms with van der Waals surface area (Å²) in [6.07, 6.45) is 0. The van der Waals surface area contributed by atoms with Crippen molar-refractivity contribution in [1.82, 2.24) is 0 Å². The zero-order valence-electron chi connectivity index (χ0n) is 34.3. The minimum absolute atomic E-state index is 0.350. The van der Waals surface area contributed by atoms with Crippen LogP contribution in [0.1, 0.15) is 23.6 Å². The van der Waals surface area contributed by atoms with Crippen LogP contribution >= 0.6 is 11.3 Å². The first kappa shape index (κ1) is 36.3. The highest BCUT2D eigenvalue weighted by Crippen LogP contribution is 2.55. The van der Waals surface area contributed by atoms with Crippen LogP contribution in [-0.2, 0) is 5.41 Å². The number of para-hydroxylation sites is 2. The van der Waals surface area contributed by atoms with Gasteiger partial charge in [-0.1, -0.05) is 200 Å². The van der Waals surface area contributed by atoms with E-state index in [1.807, 2.05) is 11.3 Å². The molecule has 0 aliphatic heterocycles. The Hall–Kier alpha value is -7.52. The zero-order chi connectivity index (χ0) is 41.2. The van der Waals surface area contributed by atoms with Crippen LogP contribution in [0.2, 0.25) is 0 Å². The van der Waals surface area contributed by atoms with Crippen LogP contribution in [0.4, 0.5) is 17.1 Å². The molecule has 0 radical (unpaired) electrons. The first-order valence-electron chi connectivity index (χ1n) is 21.4. The Bertz CT molecular complexity index is 3490. The summed E-state index contributed by atoms with van der Waals surface area (Å²) < 4.78 is 2.61. The van der Waals surface area contributed by atoms with Crippen molar-refractivity contribution in [2.24, 2.45) is 0 Å². The van der Waals surface area contributed by atoms with Gasteiger partial charge >= 0.3 is 0 Å². The van der Waals surface area contributed by atoms with Crippen LogP contribution in [-0.4, -0.2) is 0 Å². The summed E-state index contributed by atoms with van der Waals surface area (Å²) in [5.41, 5.74) is 16.8. The maximum absolute atomic E-state index is 2.54. The standard InChI is InChI=1S/C60H41NS/c1-60(42-23-6-3-7-24-42)53-33-12-8-25-45(53)46-38-37-43(39-54(46)60)61(56-35-14-10-27-48(56)51-31-18-32-52-49-28-11-15-36-57(49)62-59(51)52)55-34-13-9-26-47(55)50-30-17-22-41-21-16-29-44(58(41)50)40-19-4-2-5-20-40/h2-39H,1H3. The molecule has 1 nitrogen and oxygen atoms in total. The molecular weight excluding hydrogens is 767 g/mol. The molecule has 12 rings (SSSR count). The minimum Gasteiger partial charge on any atom is -0.309 e. The van der Waals surface area contributed by atoms with Crippen molar-refractivity contribution in [3.05, 3.63) is 247 Å². The normalized spacial score (nSPS) is 14.3. The van der Waals surface area contributed by atoms with Gasteiger partial charge in [0.05, 0.1) is 11.4 Å². The van der Waals surface area contributed by atoms with Gasteiger partial charge in [-0.05, 0) is 92.5 Å². The van der Waals surface area contributed by atoms with E-state index in [1.54, 1.807) is 0 Å². The van der Waals surface area contributed by atoms with Crippen molar-refractivity contribution in [2.45, 2.75) is 12.3 Å². The van der Waals surface area contributed by atoms with E-state index in [0.717, 1.165) is 17.1 Å². The predicted molar refractivity (Wildman–Crippen MR) is 265 cm³/mol. The Balaban J connectivity index is 1.15. The highest BCUT2D eigenvalue weighted by atomic mass is 32.1. The summed E-state index contributed by atoms with van der Waals surface area (Å²) in [4.78, 5) is 2.54. The highest BCUT2D eigenvalue weighted by Gasteiger charge is 2.41. The molecule has 1 atom stereocenters. The summed E-state index contributed by atoms with van der Waals surface area (Å²) in [5.74, 6) is 0. The lowest BCUT2D eigenvalue weighted by Gasteiger charge is -2.32. The molecule has 292 valence electrons. The van der Waals surface area contributed by atoms with E-state index >= 15 is 0 Å². The van der Waals surface area contributed by atoms with Gasteiger partial charge in [-0.2, -0.15) is 0 Å². The summed E-state index contributed by atoms with van der Waals surface area (Å²) in [6.45, 7) is 2.41. The van der Waals surface area contributed by atoms with Crippen LogP contribution < -0.4 is 4.90 Å². The predicted octanol–water partition coefficient (Wildman–Crippen LogP) is 17.0. The van der Waals surface area contributed by atoms with E-state index in [1.165, 1.54) is 92.1 Å². The smallest absolute Gasteiger partial charge is 0.0540 e. The molecule has 11 aromatic rings. The maximum atomic E-state index is 2.54. The summed E-state index contributed by atoms with van der Waals surface area (Å²) in [6, 6.07) is 85.1. The number of fused-ring (bicyclic) bond motifs is 7. The average Bonchev–Trinajstić information content (AvgIpc) is 3.85.